The molecule has 2 heterocycles. The van der Waals surface area contributed by atoms with Crippen LogP contribution in [0.5, 0.6) is 0 Å². The minimum Gasteiger partial charge on any atom is -0.292 e. The number of aryl methyl sites for hydroxylation is 2. The zero-order chi connectivity index (χ0) is 12.6. The average molecular weight is 283 g/mol. The van der Waals surface area contributed by atoms with E-state index in [1.165, 1.54) is 35.0 Å². The molecule has 1 N–H and O–H groups in total. The number of nitrogens with one attached hydrogen (secondary N) is 1. The van der Waals surface area contributed by atoms with Crippen LogP contribution in [0.15, 0.2) is 12.7 Å². The third-order valence-corrected chi connectivity index (χ3v) is 6.65. The Morgan fingerprint density at radius 3 is 2.78 bits per heavy atom. The van der Waals surface area contributed by atoms with Crippen LogP contribution in [0.25, 0.3) is 0 Å². The minimum atomic E-state index is -2.70. The van der Waals surface area contributed by atoms with Crippen LogP contribution in [0.3, 0.4) is 0 Å². The van der Waals surface area contributed by atoms with Gasteiger partial charge in [-0.05, 0) is 25.7 Å². The van der Waals surface area contributed by atoms with E-state index in [2.05, 4.69) is 20.4 Å². The third kappa shape index (κ3) is 2.20. The quantitative estimate of drug-likeness (QED) is 0.862. The Bertz CT molecular complexity index is 570. The molecule has 3 rings (SSSR count). The summed E-state index contributed by atoms with van der Waals surface area (Å²) in [6.07, 6.45) is 7.45. The number of hydrogen-bond donors (Lipinski definition) is 1. The molecule has 0 saturated heterocycles. The zero-order valence-corrected chi connectivity index (χ0v) is 11.7. The highest BCUT2D eigenvalue weighted by Gasteiger charge is 2.26. The highest BCUT2D eigenvalue weighted by atomic mass is 32.1. The summed E-state index contributed by atoms with van der Waals surface area (Å²) in [5.41, 5.74) is 1.13. The van der Waals surface area contributed by atoms with Gasteiger partial charge in [0, 0.05) is 11.5 Å². The summed E-state index contributed by atoms with van der Waals surface area (Å²) >= 11 is 1.57. The van der Waals surface area contributed by atoms with Gasteiger partial charge in [-0.25, -0.2) is 9.66 Å². The first-order chi connectivity index (χ1) is 8.65. The SMILES string of the molecule is CP(=O)(Nn1cnnc1)c1nc2c(s1)CCCC2. The van der Waals surface area contributed by atoms with Gasteiger partial charge in [0.15, 0.2) is 4.75 Å². The van der Waals surface area contributed by atoms with Crippen molar-refractivity contribution in [1.82, 2.24) is 19.9 Å². The predicted molar refractivity (Wildman–Crippen MR) is 71.3 cm³/mol. The Labute approximate surface area is 109 Å². The van der Waals surface area contributed by atoms with Crippen molar-refractivity contribution in [3.8, 4) is 0 Å². The first-order valence-electron chi connectivity index (χ1n) is 5.85. The number of hydrogen-bond acceptors (Lipinski definition) is 5. The summed E-state index contributed by atoms with van der Waals surface area (Å²) < 4.78 is 14.9. The molecular weight excluding hydrogens is 269 g/mol. The molecule has 18 heavy (non-hydrogen) atoms. The van der Waals surface area contributed by atoms with Crippen LogP contribution in [0.4, 0.5) is 0 Å². The summed E-state index contributed by atoms with van der Waals surface area (Å²) in [6, 6.07) is 0. The first kappa shape index (κ1) is 11.9. The molecule has 0 aromatic carbocycles. The lowest BCUT2D eigenvalue weighted by Gasteiger charge is -2.12. The van der Waals surface area contributed by atoms with Crippen molar-refractivity contribution in [2.75, 3.05) is 11.9 Å². The van der Waals surface area contributed by atoms with Gasteiger partial charge >= 0.3 is 0 Å². The summed E-state index contributed by atoms with van der Waals surface area (Å²) in [6.45, 7) is 1.69. The van der Waals surface area contributed by atoms with Gasteiger partial charge in [-0.3, -0.25) is 9.76 Å². The summed E-state index contributed by atoms with van der Waals surface area (Å²) in [7, 11) is -2.70. The van der Waals surface area contributed by atoms with E-state index in [1.807, 2.05) is 0 Å². The van der Waals surface area contributed by atoms with Crippen molar-refractivity contribution in [1.29, 1.82) is 0 Å². The molecule has 0 aliphatic heterocycles. The van der Waals surface area contributed by atoms with Crippen LogP contribution in [0.1, 0.15) is 23.4 Å². The second-order valence-electron chi connectivity index (χ2n) is 4.47. The predicted octanol–water partition coefficient (Wildman–Crippen LogP) is 1.39. The van der Waals surface area contributed by atoms with Crippen LogP contribution in [0.2, 0.25) is 0 Å². The number of nitrogens with zero attached hydrogens (tertiary/aromatic N) is 4. The lowest BCUT2D eigenvalue weighted by Crippen LogP contribution is -2.17. The molecule has 8 heteroatoms. The summed E-state index contributed by atoms with van der Waals surface area (Å²) in [4.78, 5) is 5.84. The van der Waals surface area contributed by atoms with Gasteiger partial charge < -0.3 is 0 Å². The number of thiazole rings is 1. The van der Waals surface area contributed by atoms with E-state index >= 15 is 0 Å². The molecular formula is C10H14N5OPS. The molecule has 96 valence electrons. The smallest absolute Gasteiger partial charge is 0.236 e. The fraction of sp³-hybridized carbons (Fsp3) is 0.500. The highest BCUT2D eigenvalue weighted by Crippen LogP contribution is 2.39. The normalized spacial score (nSPS) is 18.1. The number of rotatable bonds is 3. The molecule has 0 saturated carbocycles. The van der Waals surface area contributed by atoms with Crippen LogP contribution in [-0.2, 0) is 17.4 Å². The Balaban J connectivity index is 1.88. The van der Waals surface area contributed by atoms with E-state index < -0.39 is 7.29 Å². The van der Waals surface area contributed by atoms with Gasteiger partial charge in [-0.1, -0.05) is 0 Å². The Morgan fingerprint density at radius 1 is 1.33 bits per heavy atom. The molecule has 1 unspecified atom stereocenters. The molecule has 0 radical (unpaired) electrons. The standard InChI is InChI=1S/C10H14N5OPS/c1-17(16,14-15-6-11-12-7-15)10-13-8-4-2-3-5-9(8)18-10/h6-7H,2-5H2,1H3,(H,14,16). The lowest BCUT2D eigenvalue weighted by molar-refractivity contribution is 0.584. The molecule has 1 aliphatic carbocycles. The van der Waals surface area contributed by atoms with Gasteiger partial charge in [-0.15, -0.1) is 21.5 Å². The van der Waals surface area contributed by atoms with E-state index in [0.717, 1.165) is 18.5 Å². The number of aromatic nitrogens is 4. The van der Waals surface area contributed by atoms with Crippen molar-refractivity contribution in [2.45, 2.75) is 25.7 Å². The topological polar surface area (TPSA) is 72.7 Å². The Hall–Kier alpha value is -1.20. The molecule has 0 spiro atoms. The largest absolute Gasteiger partial charge is 0.292 e. The first-order valence-corrected chi connectivity index (χ1v) is 8.82. The van der Waals surface area contributed by atoms with Crippen LogP contribution >= 0.6 is 18.6 Å². The van der Waals surface area contributed by atoms with Crippen molar-refractivity contribution >= 4 is 23.4 Å². The van der Waals surface area contributed by atoms with Crippen molar-refractivity contribution < 1.29 is 4.57 Å². The third-order valence-electron chi connectivity index (χ3n) is 2.92. The minimum absolute atomic E-state index is 0.697. The molecule has 0 fully saturated rings. The second kappa shape index (κ2) is 4.48. The van der Waals surface area contributed by atoms with Gasteiger partial charge in [-0.2, -0.15) is 0 Å². The van der Waals surface area contributed by atoms with Gasteiger partial charge in [0.25, 0.3) is 0 Å². The van der Waals surface area contributed by atoms with E-state index in [4.69, 9.17) is 0 Å². The molecule has 2 aromatic heterocycles. The number of fused-ring (bicyclic) bond motifs is 1. The summed E-state index contributed by atoms with van der Waals surface area (Å²) in [5, 5.41) is 10.3. The molecule has 0 amide bonds. The second-order valence-corrected chi connectivity index (χ2v) is 8.32. The van der Waals surface area contributed by atoms with Crippen LogP contribution in [-0.4, -0.2) is 26.5 Å². The molecule has 6 nitrogen and oxygen atoms in total. The van der Waals surface area contributed by atoms with E-state index in [9.17, 15) is 4.57 Å². The monoisotopic (exact) mass is 283 g/mol. The zero-order valence-electron chi connectivity index (χ0n) is 10.0. The van der Waals surface area contributed by atoms with E-state index in [1.54, 1.807) is 18.0 Å². The maximum atomic E-state index is 12.7. The van der Waals surface area contributed by atoms with E-state index in [0.29, 0.717) is 4.75 Å². The Kier molecular flexibility index (Phi) is 2.95. The lowest BCUT2D eigenvalue weighted by atomic mass is 10.0. The van der Waals surface area contributed by atoms with Gasteiger partial charge in [0.1, 0.15) is 12.7 Å². The fourth-order valence-electron chi connectivity index (χ4n) is 2.04. The maximum absolute atomic E-state index is 12.7. The summed E-state index contributed by atoms with van der Waals surface area (Å²) in [5.74, 6) is 0. The Morgan fingerprint density at radius 2 is 2.06 bits per heavy atom. The van der Waals surface area contributed by atoms with Crippen LogP contribution < -0.4 is 9.95 Å². The average Bonchev–Trinajstić information content (AvgIpc) is 2.96. The maximum Gasteiger partial charge on any atom is 0.236 e. The van der Waals surface area contributed by atoms with E-state index in [-0.39, 0.29) is 0 Å². The fourth-order valence-corrected chi connectivity index (χ4v) is 5.02. The molecule has 1 atom stereocenters. The molecule has 2 aromatic rings. The highest BCUT2D eigenvalue weighted by molar-refractivity contribution is 7.76. The molecule has 1 aliphatic rings. The van der Waals surface area contributed by atoms with Crippen molar-refractivity contribution in [2.24, 2.45) is 0 Å². The van der Waals surface area contributed by atoms with Gasteiger partial charge in [0.05, 0.1) is 5.69 Å². The molecule has 0 bridgehead atoms. The van der Waals surface area contributed by atoms with Crippen molar-refractivity contribution in [3.05, 3.63) is 23.2 Å². The van der Waals surface area contributed by atoms with Crippen LogP contribution in [0, 0.1) is 0 Å². The van der Waals surface area contributed by atoms with Crippen molar-refractivity contribution in [3.63, 3.8) is 0 Å². The van der Waals surface area contributed by atoms with Gasteiger partial charge in [0.2, 0.25) is 7.29 Å².